The summed E-state index contributed by atoms with van der Waals surface area (Å²) in [6.45, 7) is 11.0. The molecule has 1 unspecified atom stereocenters. The zero-order valence-electron chi connectivity index (χ0n) is 24.8. The van der Waals surface area contributed by atoms with Crippen molar-refractivity contribution in [2.24, 2.45) is 5.73 Å². The smallest absolute Gasteiger partial charge is 0.0575 e. The van der Waals surface area contributed by atoms with Crippen LogP contribution >= 0.6 is 0 Å². The van der Waals surface area contributed by atoms with Crippen LogP contribution in [0.1, 0.15) is 175 Å². The summed E-state index contributed by atoms with van der Waals surface area (Å²) in [5.41, 5.74) is 5.98. The Morgan fingerprint density at radius 3 is 1.29 bits per heavy atom. The van der Waals surface area contributed by atoms with Gasteiger partial charge in [-0.3, -0.25) is 4.90 Å². The third-order valence-corrected chi connectivity index (χ3v) is 7.57. The van der Waals surface area contributed by atoms with Gasteiger partial charge in [-0.05, 0) is 45.2 Å². The molecular formula is C32H68N2O. The molecule has 0 aromatic heterocycles. The van der Waals surface area contributed by atoms with E-state index in [0.717, 1.165) is 13.3 Å². The molecule has 0 aliphatic heterocycles. The van der Waals surface area contributed by atoms with E-state index in [4.69, 9.17) is 10.5 Å². The maximum atomic E-state index is 6.39. The molecule has 2 N–H and O–H groups in total. The Morgan fingerprint density at radius 1 is 0.486 bits per heavy atom. The lowest BCUT2D eigenvalue weighted by molar-refractivity contribution is 0.0357. The first-order chi connectivity index (χ1) is 17.3. The van der Waals surface area contributed by atoms with E-state index in [1.165, 1.54) is 167 Å². The predicted molar refractivity (Wildman–Crippen MR) is 158 cm³/mol. The Balaban J connectivity index is 3.80. The molecule has 0 aromatic carbocycles. The van der Waals surface area contributed by atoms with Crippen LogP contribution in [0.5, 0.6) is 0 Å². The fourth-order valence-electron chi connectivity index (χ4n) is 5.07. The molecule has 0 heterocycles. The van der Waals surface area contributed by atoms with Crippen LogP contribution in [0, 0.1) is 0 Å². The Labute approximate surface area is 222 Å². The molecule has 3 nitrogen and oxygen atoms in total. The predicted octanol–water partition coefficient (Wildman–Crippen LogP) is 10.0. The van der Waals surface area contributed by atoms with Crippen molar-refractivity contribution in [3.63, 3.8) is 0 Å². The number of nitrogens with zero attached hydrogens (tertiary/aromatic N) is 1. The van der Waals surface area contributed by atoms with Gasteiger partial charge in [-0.15, -0.1) is 0 Å². The number of unbranched alkanes of at least 4 members (excludes halogenated alkanes) is 18. The van der Waals surface area contributed by atoms with Crippen molar-refractivity contribution in [2.45, 2.75) is 181 Å². The lowest BCUT2D eigenvalue weighted by Crippen LogP contribution is -2.31. The second-order valence-corrected chi connectivity index (χ2v) is 11.1. The van der Waals surface area contributed by atoms with E-state index in [-0.39, 0.29) is 0 Å². The van der Waals surface area contributed by atoms with Crippen molar-refractivity contribution in [1.82, 2.24) is 4.90 Å². The van der Waals surface area contributed by atoms with Gasteiger partial charge in [0, 0.05) is 13.3 Å². The van der Waals surface area contributed by atoms with E-state index in [9.17, 15) is 0 Å². The molecule has 0 aliphatic carbocycles. The quantitative estimate of drug-likeness (QED) is 0.0794. The van der Waals surface area contributed by atoms with Crippen molar-refractivity contribution in [3.8, 4) is 0 Å². The van der Waals surface area contributed by atoms with Crippen molar-refractivity contribution in [3.05, 3.63) is 0 Å². The summed E-state index contributed by atoms with van der Waals surface area (Å²) in [5.74, 6) is 0. The number of rotatable bonds is 30. The summed E-state index contributed by atoms with van der Waals surface area (Å²) < 4.78 is 6.39. The zero-order chi connectivity index (χ0) is 25.7. The summed E-state index contributed by atoms with van der Waals surface area (Å²) >= 11 is 0. The molecule has 35 heavy (non-hydrogen) atoms. The summed E-state index contributed by atoms with van der Waals surface area (Å²) in [6, 6.07) is 0. The van der Waals surface area contributed by atoms with E-state index in [1.54, 1.807) is 0 Å². The Morgan fingerprint density at radius 2 is 0.857 bits per heavy atom. The standard InChI is InChI=1S/C32H68N2O/c1-4-7-10-13-17-22-27-32(26-21-16-12-9-6-3)35-30-25-20-15-19-24-29-34(31-33)28-23-18-14-11-8-5-2/h32H,4-31,33H2,1-3H3. The first kappa shape index (κ1) is 34.9. The molecule has 1 atom stereocenters. The van der Waals surface area contributed by atoms with E-state index in [2.05, 4.69) is 25.7 Å². The number of nitrogens with two attached hydrogens (primary N) is 1. The highest BCUT2D eigenvalue weighted by atomic mass is 16.5. The molecule has 0 spiro atoms. The van der Waals surface area contributed by atoms with Crippen LogP contribution in [0.3, 0.4) is 0 Å². The van der Waals surface area contributed by atoms with E-state index >= 15 is 0 Å². The molecule has 0 saturated heterocycles. The number of hydrogen-bond acceptors (Lipinski definition) is 3. The normalized spacial score (nSPS) is 12.6. The number of ether oxygens (including phenoxy) is 1. The molecule has 0 rings (SSSR count). The Bertz CT molecular complexity index is 377. The van der Waals surface area contributed by atoms with Gasteiger partial charge in [0.25, 0.3) is 0 Å². The van der Waals surface area contributed by atoms with Gasteiger partial charge in [0.15, 0.2) is 0 Å². The largest absolute Gasteiger partial charge is 0.378 e. The Kier molecular flexibility index (Phi) is 30.0. The number of hydrogen-bond donors (Lipinski definition) is 1. The topological polar surface area (TPSA) is 38.5 Å². The van der Waals surface area contributed by atoms with Gasteiger partial charge in [-0.2, -0.15) is 0 Å². The SMILES string of the molecule is CCCCCCCCC(CCCCCCC)OCCCCCCCN(CN)CCCCCCCC. The molecular weight excluding hydrogens is 428 g/mol. The molecule has 0 radical (unpaired) electrons. The van der Waals surface area contributed by atoms with Gasteiger partial charge in [-0.1, -0.05) is 143 Å². The van der Waals surface area contributed by atoms with Gasteiger partial charge < -0.3 is 10.5 Å². The first-order valence-corrected chi connectivity index (χ1v) is 16.3. The third kappa shape index (κ3) is 26.7. The summed E-state index contributed by atoms with van der Waals surface area (Å²) in [6.07, 6.45) is 33.1. The highest BCUT2D eigenvalue weighted by molar-refractivity contribution is 4.61. The minimum atomic E-state index is 0.517. The van der Waals surface area contributed by atoms with Crippen molar-refractivity contribution >= 4 is 0 Å². The van der Waals surface area contributed by atoms with Gasteiger partial charge in [0.1, 0.15) is 0 Å². The molecule has 3 heteroatoms. The molecule has 0 amide bonds. The van der Waals surface area contributed by atoms with Crippen LogP contribution in [-0.2, 0) is 4.74 Å². The van der Waals surface area contributed by atoms with Crippen LogP contribution in [0.4, 0.5) is 0 Å². The van der Waals surface area contributed by atoms with E-state index in [1.807, 2.05) is 0 Å². The van der Waals surface area contributed by atoms with Crippen LogP contribution < -0.4 is 5.73 Å². The second-order valence-electron chi connectivity index (χ2n) is 11.1. The second kappa shape index (κ2) is 30.1. The fourth-order valence-corrected chi connectivity index (χ4v) is 5.07. The average molecular weight is 497 g/mol. The molecule has 0 aromatic rings. The first-order valence-electron chi connectivity index (χ1n) is 16.3. The van der Waals surface area contributed by atoms with E-state index < -0.39 is 0 Å². The van der Waals surface area contributed by atoms with E-state index in [0.29, 0.717) is 6.10 Å². The lowest BCUT2D eigenvalue weighted by atomic mass is 10.0. The highest BCUT2D eigenvalue weighted by Gasteiger charge is 2.09. The summed E-state index contributed by atoms with van der Waals surface area (Å²) in [5, 5.41) is 0. The lowest BCUT2D eigenvalue weighted by Gasteiger charge is -2.20. The highest BCUT2D eigenvalue weighted by Crippen LogP contribution is 2.17. The van der Waals surface area contributed by atoms with Crippen LogP contribution in [0.15, 0.2) is 0 Å². The van der Waals surface area contributed by atoms with Crippen LogP contribution in [-0.4, -0.2) is 37.4 Å². The molecule has 0 saturated carbocycles. The molecule has 0 bridgehead atoms. The van der Waals surface area contributed by atoms with Crippen LogP contribution in [0.2, 0.25) is 0 Å². The molecule has 0 fully saturated rings. The van der Waals surface area contributed by atoms with Gasteiger partial charge in [0.2, 0.25) is 0 Å². The fraction of sp³-hybridized carbons (Fsp3) is 1.00. The van der Waals surface area contributed by atoms with Gasteiger partial charge in [0.05, 0.1) is 6.10 Å². The zero-order valence-corrected chi connectivity index (χ0v) is 24.8. The van der Waals surface area contributed by atoms with Crippen molar-refractivity contribution in [2.75, 3.05) is 26.4 Å². The van der Waals surface area contributed by atoms with Crippen LogP contribution in [0.25, 0.3) is 0 Å². The monoisotopic (exact) mass is 497 g/mol. The Hall–Kier alpha value is -0.120. The average Bonchev–Trinajstić information content (AvgIpc) is 2.87. The molecule has 0 aliphatic rings. The summed E-state index contributed by atoms with van der Waals surface area (Å²) in [4.78, 5) is 2.45. The minimum absolute atomic E-state index is 0.517. The van der Waals surface area contributed by atoms with Gasteiger partial charge >= 0.3 is 0 Å². The van der Waals surface area contributed by atoms with Crippen molar-refractivity contribution in [1.29, 1.82) is 0 Å². The molecule has 212 valence electrons. The van der Waals surface area contributed by atoms with Gasteiger partial charge in [-0.25, -0.2) is 0 Å². The maximum Gasteiger partial charge on any atom is 0.0575 e. The summed E-state index contributed by atoms with van der Waals surface area (Å²) in [7, 11) is 0. The minimum Gasteiger partial charge on any atom is -0.378 e. The van der Waals surface area contributed by atoms with Crippen molar-refractivity contribution < 1.29 is 4.74 Å². The third-order valence-electron chi connectivity index (χ3n) is 7.57. The maximum absolute atomic E-state index is 6.39.